The Morgan fingerprint density at radius 2 is 1.31 bits per heavy atom. The lowest BCUT2D eigenvalue weighted by Gasteiger charge is -2.43. The molecule has 0 saturated carbocycles. The van der Waals surface area contributed by atoms with E-state index >= 15 is 0 Å². The predicted molar refractivity (Wildman–Crippen MR) is 58.8 cm³/mol. The number of rotatable bonds is 2. The maximum atomic E-state index is 10.5. The highest BCUT2D eigenvalue weighted by Crippen LogP contribution is 2.41. The van der Waals surface area contributed by atoms with Gasteiger partial charge in [-0.15, -0.1) is 0 Å². The molecule has 1 heteroatoms. The Kier molecular flexibility index (Phi) is 3.59. The summed E-state index contributed by atoms with van der Waals surface area (Å²) in [4.78, 5) is 0. The second-order valence-electron chi connectivity index (χ2n) is 6.37. The van der Waals surface area contributed by atoms with E-state index in [1.165, 1.54) is 0 Å². The second kappa shape index (κ2) is 3.61. The van der Waals surface area contributed by atoms with Gasteiger partial charge in [-0.05, 0) is 23.7 Å². The van der Waals surface area contributed by atoms with Crippen molar-refractivity contribution in [3.8, 4) is 0 Å². The van der Waals surface area contributed by atoms with Crippen molar-refractivity contribution < 1.29 is 5.11 Å². The van der Waals surface area contributed by atoms with Gasteiger partial charge in [0.25, 0.3) is 0 Å². The molecule has 1 atom stereocenters. The number of aliphatic hydroxyl groups is 1. The van der Waals surface area contributed by atoms with Gasteiger partial charge in [0.1, 0.15) is 0 Å². The van der Waals surface area contributed by atoms with E-state index in [1.54, 1.807) is 0 Å². The largest absolute Gasteiger partial charge is 0.389 e. The molecule has 0 spiro atoms. The molecule has 0 aromatic rings. The fourth-order valence-corrected chi connectivity index (χ4v) is 1.80. The molecule has 0 aromatic carbocycles. The first-order valence-corrected chi connectivity index (χ1v) is 5.24. The molecule has 0 radical (unpaired) electrons. The standard InChI is InChI=1S/C12H26O/c1-8-12(13,11(5,6)7)9-10(2,3)4/h13H,8-9H2,1-7H3/t12-/m0/s1. The SMILES string of the molecule is CC[C@](O)(CC(C)(C)C)C(C)(C)C. The first-order chi connectivity index (χ1) is 5.52. The van der Waals surface area contributed by atoms with Crippen LogP contribution in [-0.4, -0.2) is 10.7 Å². The Bertz CT molecular complexity index is 159. The van der Waals surface area contributed by atoms with E-state index < -0.39 is 5.60 Å². The third kappa shape index (κ3) is 3.68. The zero-order valence-corrected chi connectivity index (χ0v) is 10.4. The Morgan fingerprint density at radius 1 is 0.923 bits per heavy atom. The van der Waals surface area contributed by atoms with Crippen molar-refractivity contribution in [2.24, 2.45) is 10.8 Å². The average molecular weight is 186 g/mol. The third-order valence-electron chi connectivity index (χ3n) is 2.80. The van der Waals surface area contributed by atoms with Gasteiger partial charge in [0, 0.05) is 0 Å². The first-order valence-electron chi connectivity index (χ1n) is 5.24. The van der Waals surface area contributed by atoms with Crippen molar-refractivity contribution in [2.45, 2.75) is 66.9 Å². The highest BCUT2D eigenvalue weighted by molar-refractivity contribution is 4.92. The monoisotopic (exact) mass is 186 g/mol. The van der Waals surface area contributed by atoms with E-state index in [4.69, 9.17) is 0 Å². The number of hydrogen-bond acceptors (Lipinski definition) is 1. The molecule has 80 valence electrons. The van der Waals surface area contributed by atoms with Gasteiger partial charge in [0.05, 0.1) is 5.60 Å². The summed E-state index contributed by atoms with van der Waals surface area (Å²) in [6.45, 7) is 14.9. The van der Waals surface area contributed by atoms with E-state index in [9.17, 15) is 5.11 Å². The van der Waals surface area contributed by atoms with Crippen molar-refractivity contribution in [3.05, 3.63) is 0 Å². The molecule has 0 saturated heterocycles. The molecule has 0 unspecified atom stereocenters. The summed E-state index contributed by atoms with van der Waals surface area (Å²) >= 11 is 0. The summed E-state index contributed by atoms with van der Waals surface area (Å²) in [6.07, 6.45) is 1.69. The summed E-state index contributed by atoms with van der Waals surface area (Å²) in [5.74, 6) is 0. The molecule has 13 heavy (non-hydrogen) atoms. The van der Waals surface area contributed by atoms with Gasteiger partial charge in [-0.25, -0.2) is 0 Å². The smallest absolute Gasteiger partial charge is 0.0698 e. The van der Waals surface area contributed by atoms with Crippen LogP contribution in [0.15, 0.2) is 0 Å². The second-order valence-corrected chi connectivity index (χ2v) is 6.37. The minimum Gasteiger partial charge on any atom is -0.389 e. The van der Waals surface area contributed by atoms with Gasteiger partial charge in [0.15, 0.2) is 0 Å². The maximum absolute atomic E-state index is 10.5. The molecule has 0 aliphatic heterocycles. The minimum absolute atomic E-state index is 0.0327. The third-order valence-corrected chi connectivity index (χ3v) is 2.80. The quantitative estimate of drug-likeness (QED) is 0.698. The van der Waals surface area contributed by atoms with Crippen LogP contribution in [-0.2, 0) is 0 Å². The molecule has 0 aliphatic rings. The van der Waals surface area contributed by atoms with Gasteiger partial charge < -0.3 is 5.11 Å². The molecule has 0 fully saturated rings. The van der Waals surface area contributed by atoms with Crippen molar-refractivity contribution in [2.75, 3.05) is 0 Å². The first kappa shape index (κ1) is 13.0. The molecule has 0 amide bonds. The average Bonchev–Trinajstić information content (AvgIpc) is 1.81. The fourth-order valence-electron chi connectivity index (χ4n) is 1.80. The van der Waals surface area contributed by atoms with Gasteiger partial charge >= 0.3 is 0 Å². The molecule has 0 aliphatic carbocycles. The molecular formula is C12H26O. The molecule has 0 aromatic heterocycles. The van der Waals surface area contributed by atoms with Gasteiger partial charge in [0.2, 0.25) is 0 Å². The van der Waals surface area contributed by atoms with Gasteiger partial charge in [-0.2, -0.15) is 0 Å². The molecular weight excluding hydrogens is 160 g/mol. The highest BCUT2D eigenvalue weighted by Gasteiger charge is 2.40. The predicted octanol–water partition coefficient (Wildman–Crippen LogP) is 3.61. The van der Waals surface area contributed by atoms with Crippen molar-refractivity contribution in [3.63, 3.8) is 0 Å². The van der Waals surface area contributed by atoms with Crippen LogP contribution in [0.3, 0.4) is 0 Å². The van der Waals surface area contributed by atoms with Gasteiger partial charge in [-0.3, -0.25) is 0 Å². The van der Waals surface area contributed by atoms with Crippen LogP contribution in [0.25, 0.3) is 0 Å². The number of hydrogen-bond donors (Lipinski definition) is 1. The molecule has 1 nitrogen and oxygen atoms in total. The normalized spacial score (nSPS) is 18.5. The summed E-state index contributed by atoms with van der Waals surface area (Å²) in [5, 5.41) is 10.5. The molecule has 0 rings (SSSR count). The van der Waals surface area contributed by atoms with Crippen LogP contribution in [0.4, 0.5) is 0 Å². The van der Waals surface area contributed by atoms with Crippen LogP contribution >= 0.6 is 0 Å². The van der Waals surface area contributed by atoms with Crippen molar-refractivity contribution in [1.29, 1.82) is 0 Å². The van der Waals surface area contributed by atoms with Crippen molar-refractivity contribution >= 4 is 0 Å². The summed E-state index contributed by atoms with van der Waals surface area (Å²) in [5.41, 5.74) is -0.377. The van der Waals surface area contributed by atoms with Crippen LogP contribution in [0.2, 0.25) is 0 Å². The van der Waals surface area contributed by atoms with E-state index in [1.807, 2.05) is 0 Å². The Balaban J connectivity index is 4.67. The lowest BCUT2D eigenvalue weighted by atomic mass is 9.67. The van der Waals surface area contributed by atoms with E-state index in [0.29, 0.717) is 0 Å². The van der Waals surface area contributed by atoms with Crippen LogP contribution < -0.4 is 0 Å². The zero-order chi connectivity index (χ0) is 10.9. The molecule has 0 bridgehead atoms. The van der Waals surface area contributed by atoms with Crippen molar-refractivity contribution in [1.82, 2.24) is 0 Å². The maximum Gasteiger partial charge on any atom is 0.0698 e. The lowest BCUT2D eigenvalue weighted by molar-refractivity contribution is -0.0876. The van der Waals surface area contributed by atoms with E-state index in [-0.39, 0.29) is 10.8 Å². The Morgan fingerprint density at radius 3 is 1.38 bits per heavy atom. The van der Waals surface area contributed by atoms with E-state index in [0.717, 1.165) is 12.8 Å². The highest BCUT2D eigenvalue weighted by atomic mass is 16.3. The van der Waals surface area contributed by atoms with Crippen LogP contribution in [0.1, 0.15) is 61.3 Å². The lowest BCUT2D eigenvalue weighted by Crippen LogP contribution is -2.45. The topological polar surface area (TPSA) is 20.2 Å². The summed E-state index contributed by atoms with van der Waals surface area (Å²) in [6, 6.07) is 0. The molecule has 0 heterocycles. The summed E-state index contributed by atoms with van der Waals surface area (Å²) in [7, 11) is 0. The van der Waals surface area contributed by atoms with E-state index in [2.05, 4.69) is 48.5 Å². The van der Waals surface area contributed by atoms with Crippen LogP contribution in [0.5, 0.6) is 0 Å². The van der Waals surface area contributed by atoms with Crippen LogP contribution in [0, 0.1) is 10.8 Å². The Labute approximate surface area is 83.5 Å². The fraction of sp³-hybridized carbons (Fsp3) is 1.00. The zero-order valence-electron chi connectivity index (χ0n) is 10.4. The summed E-state index contributed by atoms with van der Waals surface area (Å²) < 4.78 is 0. The molecule has 1 N–H and O–H groups in total. The van der Waals surface area contributed by atoms with Gasteiger partial charge in [-0.1, -0.05) is 48.5 Å². The Hall–Kier alpha value is -0.0400. The minimum atomic E-state index is -0.536.